The molecule has 0 heterocycles. The number of carbonyl (C=O) groups is 2. The maximum absolute atomic E-state index is 14.2. The number of aryl methyl sites for hydroxylation is 6. The molecular formula is C27H37O7P. The highest BCUT2D eigenvalue weighted by Gasteiger charge is 2.44. The van der Waals surface area contributed by atoms with Crippen molar-refractivity contribution >= 4 is 18.4 Å². The molecule has 192 valence electrons. The van der Waals surface area contributed by atoms with Gasteiger partial charge in [-0.15, -0.1) is 0 Å². The van der Waals surface area contributed by atoms with E-state index in [0.29, 0.717) is 48.7 Å². The van der Waals surface area contributed by atoms with E-state index < -0.39 is 18.4 Å². The molecule has 0 aliphatic carbocycles. The van der Waals surface area contributed by atoms with Crippen LogP contribution in [0.5, 0.6) is 0 Å². The molecule has 0 atom stereocenters. The van der Waals surface area contributed by atoms with E-state index in [1.165, 1.54) is 0 Å². The number of carbonyl (C=O) groups excluding carboxylic acids is 2. The summed E-state index contributed by atoms with van der Waals surface area (Å²) >= 11 is 0. The molecule has 35 heavy (non-hydrogen) atoms. The van der Waals surface area contributed by atoms with Crippen molar-refractivity contribution in [3.05, 3.63) is 68.8 Å². The molecule has 0 fully saturated rings. The van der Waals surface area contributed by atoms with Gasteiger partial charge in [0.25, 0.3) is 11.0 Å². The highest BCUT2D eigenvalue weighted by molar-refractivity contribution is 7.91. The quantitative estimate of drug-likeness (QED) is 0.248. The molecule has 0 N–H and O–H groups in total. The molecule has 2 aromatic rings. The smallest absolute Gasteiger partial charge is 0.340 e. The second kappa shape index (κ2) is 13.2. The molecule has 2 rings (SSSR count). The Hall–Kier alpha value is -2.15. The first-order chi connectivity index (χ1) is 16.5. The molecule has 0 spiro atoms. The van der Waals surface area contributed by atoms with Crippen LogP contribution in [0.1, 0.15) is 54.1 Å². The summed E-state index contributed by atoms with van der Waals surface area (Å²) in [6.45, 7) is 12.5. The Morgan fingerprint density at radius 2 is 0.971 bits per heavy atom. The van der Waals surface area contributed by atoms with Gasteiger partial charge in [0.05, 0.1) is 39.6 Å². The zero-order valence-corrected chi connectivity index (χ0v) is 22.8. The van der Waals surface area contributed by atoms with E-state index in [2.05, 4.69) is 0 Å². The first kappa shape index (κ1) is 29.1. The summed E-state index contributed by atoms with van der Waals surface area (Å²) in [5.41, 5.74) is 3.56. The van der Waals surface area contributed by atoms with Gasteiger partial charge < -0.3 is 18.7 Å². The number of rotatable bonds is 14. The SMILES string of the molecule is COCCOCCOCCOP(=O)(C(=O)c1c(C)cc(C)cc1C)C(=O)c1c(C)cc(C)cc1C. The van der Waals surface area contributed by atoms with Crippen LogP contribution in [0.3, 0.4) is 0 Å². The van der Waals surface area contributed by atoms with E-state index in [1.54, 1.807) is 34.8 Å². The zero-order valence-electron chi connectivity index (χ0n) is 21.9. The Labute approximate surface area is 208 Å². The van der Waals surface area contributed by atoms with Crippen LogP contribution in [0, 0.1) is 41.5 Å². The molecule has 0 unspecified atom stereocenters. The third kappa shape index (κ3) is 7.42. The minimum atomic E-state index is -4.46. The van der Waals surface area contributed by atoms with Crippen molar-refractivity contribution in [2.24, 2.45) is 0 Å². The number of hydrogen-bond donors (Lipinski definition) is 0. The Morgan fingerprint density at radius 1 is 0.629 bits per heavy atom. The van der Waals surface area contributed by atoms with Gasteiger partial charge in [-0.3, -0.25) is 14.2 Å². The van der Waals surface area contributed by atoms with Gasteiger partial charge in [0.15, 0.2) is 0 Å². The van der Waals surface area contributed by atoms with Gasteiger partial charge in [-0.1, -0.05) is 35.4 Å². The van der Waals surface area contributed by atoms with Gasteiger partial charge in [-0.25, -0.2) is 0 Å². The van der Waals surface area contributed by atoms with E-state index in [-0.39, 0.29) is 24.3 Å². The summed E-state index contributed by atoms with van der Waals surface area (Å²) in [7, 11) is -2.86. The summed E-state index contributed by atoms with van der Waals surface area (Å²) in [5.74, 6) is 0. The van der Waals surface area contributed by atoms with Crippen LogP contribution in [-0.4, -0.2) is 57.8 Å². The number of hydrogen-bond acceptors (Lipinski definition) is 7. The van der Waals surface area contributed by atoms with Gasteiger partial charge in [-0.05, 0) is 63.8 Å². The molecule has 0 saturated heterocycles. The van der Waals surface area contributed by atoms with E-state index in [1.807, 2.05) is 38.1 Å². The monoisotopic (exact) mass is 504 g/mol. The molecule has 0 amide bonds. The fourth-order valence-electron chi connectivity index (χ4n) is 4.23. The molecule has 0 aliphatic heterocycles. The third-order valence-corrected chi connectivity index (χ3v) is 7.68. The average molecular weight is 505 g/mol. The summed E-state index contributed by atoms with van der Waals surface area (Å²) < 4.78 is 35.6. The zero-order chi connectivity index (χ0) is 26.2. The van der Waals surface area contributed by atoms with Crippen molar-refractivity contribution in [1.82, 2.24) is 0 Å². The van der Waals surface area contributed by atoms with Gasteiger partial charge in [0.2, 0.25) is 0 Å². The number of methoxy groups -OCH3 is 1. The van der Waals surface area contributed by atoms with Crippen LogP contribution in [-0.2, 0) is 23.3 Å². The van der Waals surface area contributed by atoms with Crippen LogP contribution in [0.15, 0.2) is 24.3 Å². The maximum atomic E-state index is 14.2. The topological polar surface area (TPSA) is 88.1 Å². The van der Waals surface area contributed by atoms with Crippen LogP contribution in [0.2, 0.25) is 0 Å². The predicted molar refractivity (Wildman–Crippen MR) is 137 cm³/mol. The Balaban J connectivity index is 2.30. The lowest BCUT2D eigenvalue weighted by Crippen LogP contribution is -2.19. The van der Waals surface area contributed by atoms with E-state index in [9.17, 15) is 14.2 Å². The molecule has 7 nitrogen and oxygen atoms in total. The second-order valence-corrected chi connectivity index (χ2v) is 10.9. The normalized spacial score (nSPS) is 11.6. The summed E-state index contributed by atoms with van der Waals surface area (Å²) in [6.07, 6.45) is 0. The lowest BCUT2D eigenvalue weighted by molar-refractivity contribution is 0.0181. The maximum Gasteiger partial charge on any atom is 0.340 e. The molecule has 0 radical (unpaired) electrons. The van der Waals surface area contributed by atoms with Crippen LogP contribution >= 0.6 is 7.37 Å². The average Bonchev–Trinajstić information content (AvgIpc) is 2.76. The fourth-order valence-corrected chi connectivity index (χ4v) is 6.27. The predicted octanol–water partition coefficient (Wildman–Crippen LogP) is 5.49. The van der Waals surface area contributed by atoms with Crippen LogP contribution in [0.4, 0.5) is 0 Å². The fraction of sp³-hybridized carbons (Fsp3) is 0.481. The van der Waals surface area contributed by atoms with Gasteiger partial charge in [0, 0.05) is 18.2 Å². The minimum Gasteiger partial charge on any atom is -0.382 e. The number of benzene rings is 2. The van der Waals surface area contributed by atoms with E-state index in [4.69, 9.17) is 18.7 Å². The lowest BCUT2D eigenvalue weighted by Gasteiger charge is -2.21. The van der Waals surface area contributed by atoms with Crippen molar-refractivity contribution in [3.8, 4) is 0 Å². The summed E-state index contributed by atoms with van der Waals surface area (Å²) in [4.78, 5) is 27.4. The highest BCUT2D eigenvalue weighted by Crippen LogP contribution is 2.54. The van der Waals surface area contributed by atoms with Crippen molar-refractivity contribution in [2.45, 2.75) is 41.5 Å². The molecule has 8 heteroatoms. The van der Waals surface area contributed by atoms with Gasteiger partial charge in [-0.2, -0.15) is 0 Å². The van der Waals surface area contributed by atoms with E-state index in [0.717, 1.165) is 11.1 Å². The van der Waals surface area contributed by atoms with Crippen LogP contribution < -0.4 is 0 Å². The lowest BCUT2D eigenvalue weighted by atomic mass is 10.0. The summed E-state index contributed by atoms with van der Waals surface area (Å²) in [6, 6.07) is 7.35. The largest absolute Gasteiger partial charge is 0.382 e. The molecule has 0 saturated carbocycles. The Kier molecular flexibility index (Phi) is 11.0. The minimum absolute atomic E-state index is 0.0654. The molecule has 0 aromatic heterocycles. The van der Waals surface area contributed by atoms with Crippen molar-refractivity contribution in [1.29, 1.82) is 0 Å². The number of ether oxygens (including phenoxy) is 3. The Morgan fingerprint density at radius 3 is 1.34 bits per heavy atom. The van der Waals surface area contributed by atoms with Crippen LogP contribution in [0.25, 0.3) is 0 Å². The molecule has 0 bridgehead atoms. The van der Waals surface area contributed by atoms with Gasteiger partial charge in [0.1, 0.15) is 0 Å². The van der Waals surface area contributed by atoms with Crippen molar-refractivity contribution in [3.63, 3.8) is 0 Å². The second-order valence-electron chi connectivity index (χ2n) is 8.76. The van der Waals surface area contributed by atoms with E-state index >= 15 is 0 Å². The standard InChI is InChI=1S/C27H37O7P/c1-18-14-20(3)24(21(4)15-18)26(28)35(30,34-13-12-33-11-10-32-9-8-31-7)27(29)25-22(5)16-19(2)17-23(25)6/h14-17H,8-13H2,1-7H3. The Bertz CT molecular complexity index is 987. The molecule has 2 aromatic carbocycles. The first-order valence-electron chi connectivity index (χ1n) is 11.7. The molecule has 0 aliphatic rings. The first-order valence-corrected chi connectivity index (χ1v) is 13.3. The molecular weight excluding hydrogens is 467 g/mol. The third-order valence-electron chi connectivity index (χ3n) is 5.62. The highest BCUT2D eigenvalue weighted by atomic mass is 31.2. The summed E-state index contributed by atoms with van der Waals surface area (Å²) in [5, 5.41) is 0. The van der Waals surface area contributed by atoms with Crippen molar-refractivity contribution in [2.75, 3.05) is 46.8 Å². The van der Waals surface area contributed by atoms with Crippen molar-refractivity contribution < 1.29 is 32.9 Å². The van der Waals surface area contributed by atoms with Gasteiger partial charge >= 0.3 is 7.37 Å².